The van der Waals surface area contributed by atoms with Crippen molar-refractivity contribution in [3.63, 3.8) is 0 Å². The van der Waals surface area contributed by atoms with E-state index in [0.29, 0.717) is 22.4 Å². The van der Waals surface area contributed by atoms with Crippen molar-refractivity contribution in [2.24, 2.45) is 5.10 Å². The Kier molecular flexibility index (Phi) is 12.6. The molecule has 0 aromatic heterocycles. The number of hydrazone groups is 1. The number of hydrogen-bond acceptors (Lipinski definition) is 7. The van der Waals surface area contributed by atoms with Gasteiger partial charge in [-0.3, -0.25) is 5.01 Å². The van der Waals surface area contributed by atoms with Crippen LogP contribution in [0.15, 0.2) is 53.6 Å². The van der Waals surface area contributed by atoms with Crippen LogP contribution in [0.2, 0.25) is 0 Å². The Bertz CT molecular complexity index is 1500. The van der Waals surface area contributed by atoms with E-state index in [1.165, 1.54) is 35.9 Å². The lowest BCUT2D eigenvalue weighted by Crippen LogP contribution is -2.27. The molecule has 0 saturated carbocycles. The number of thioether (sulfide) groups is 3. The number of halogens is 5. The first-order chi connectivity index (χ1) is 22.4. The zero-order valence-electron chi connectivity index (χ0n) is 25.3. The number of hydrogen-bond donors (Lipinski definition) is 0. The lowest BCUT2D eigenvalue weighted by Gasteiger charge is -2.27. The van der Waals surface area contributed by atoms with Gasteiger partial charge in [0.05, 0.1) is 23.4 Å². The predicted octanol–water partition coefficient (Wildman–Crippen LogP) is 9.19. The Morgan fingerprint density at radius 2 is 1.15 bits per heavy atom. The van der Waals surface area contributed by atoms with Gasteiger partial charge in [-0.05, 0) is 95.6 Å². The van der Waals surface area contributed by atoms with Gasteiger partial charge < -0.3 is 4.90 Å². The lowest BCUT2D eigenvalue weighted by atomic mass is 9.97. The summed E-state index contributed by atoms with van der Waals surface area (Å²) in [6, 6.07) is 15.3. The van der Waals surface area contributed by atoms with E-state index >= 15 is 8.78 Å². The van der Waals surface area contributed by atoms with Crippen LogP contribution in [0.5, 0.6) is 0 Å². The van der Waals surface area contributed by atoms with Crippen molar-refractivity contribution >= 4 is 52.4 Å². The molecule has 3 aromatic rings. The molecule has 0 N–H and O–H groups in total. The number of benzene rings is 3. The van der Waals surface area contributed by atoms with Gasteiger partial charge in [0, 0.05) is 25.2 Å². The average Bonchev–Trinajstić information content (AvgIpc) is 3.51. The van der Waals surface area contributed by atoms with Crippen molar-refractivity contribution in [2.45, 2.75) is 38.1 Å². The summed E-state index contributed by atoms with van der Waals surface area (Å²) in [6.45, 7) is 1.80. The summed E-state index contributed by atoms with van der Waals surface area (Å²) in [5.74, 6) is -3.17. The molecule has 3 aromatic carbocycles. The second kappa shape index (κ2) is 16.8. The third-order valence-electron chi connectivity index (χ3n) is 7.90. The molecule has 0 radical (unpaired) electrons. The van der Waals surface area contributed by atoms with Gasteiger partial charge in [0.15, 0.2) is 23.3 Å². The second-order valence-corrected chi connectivity index (χ2v) is 14.7. The Morgan fingerprint density at radius 3 is 1.67 bits per heavy atom. The highest BCUT2D eigenvalue weighted by Crippen LogP contribution is 2.41. The average molecular weight is 691 g/mol. The minimum atomic E-state index is -2.21. The van der Waals surface area contributed by atoms with Crippen LogP contribution in [0.25, 0.3) is 0 Å². The molecule has 0 spiro atoms. The Balaban J connectivity index is 1.41. The molecule has 1 saturated heterocycles. The Labute approximate surface area is 279 Å². The summed E-state index contributed by atoms with van der Waals surface area (Å²) in [5, 5.41) is 14.5. The molecule has 1 fully saturated rings. The third kappa shape index (κ3) is 8.33. The lowest BCUT2D eigenvalue weighted by molar-refractivity contribution is 0.377. The first-order valence-corrected chi connectivity index (χ1v) is 18.8. The van der Waals surface area contributed by atoms with Gasteiger partial charge in [-0.1, -0.05) is 24.3 Å². The molecule has 2 heterocycles. The summed E-state index contributed by atoms with van der Waals surface area (Å²) in [7, 11) is 0. The highest BCUT2D eigenvalue weighted by atomic mass is 32.2. The summed E-state index contributed by atoms with van der Waals surface area (Å²) in [4.78, 5) is 2.36. The summed E-state index contributed by atoms with van der Waals surface area (Å²) >= 11 is 6.04. The zero-order valence-corrected chi connectivity index (χ0v) is 27.7. The standard InChI is InChI=1S/C34H35F5N4S3/c35-29-30(36)32(38)34(33(39)31(29)37)43-28(21-27(41-43)24-7-5-23(22-40)6-8-24)25-9-11-26(12-10-25)42-13-1-15-44-17-3-19-46-20-4-18-45-16-2-14-42/h5-12,28H,1-4,13-21H2/t28-/m0/s1. The normalized spacial score (nSPS) is 19.1. The summed E-state index contributed by atoms with van der Waals surface area (Å²) < 4.78 is 72.7. The molecule has 0 amide bonds. The smallest absolute Gasteiger partial charge is 0.200 e. The van der Waals surface area contributed by atoms with Crippen molar-refractivity contribution in [1.29, 1.82) is 5.26 Å². The molecule has 0 bridgehead atoms. The molecular weight excluding hydrogens is 656 g/mol. The van der Waals surface area contributed by atoms with Crippen LogP contribution in [0.4, 0.5) is 33.3 Å². The van der Waals surface area contributed by atoms with Crippen LogP contribution < -0.4 is 9.91 Å². The fourth-order valence-electron chi connectivity index (χ4n) is 5.51. The maximum absolute atomic E-state index is 15.1. The van der Waals surface area contributed by atoms with Crippen molar-refractivity contribution in [3.8, 4) is 6.07 Å². The number of rotatable bonds is 4. The molecule has 4 nitrogen and oxygen atoms in total. The Hall–Kier alpha value is -2.88. The monoisotopic (exact) mass is 690 g/mol. The van der Waals surface area contributed by atoms with Crippen LogP contribution in [0.1, 0.15) is 54.8 Å². The first-order valence-electron chi connectivity index (χ1n) is 15.4. The number of anilines is 2. The van der Waals surface area contributed by atoms with Gasteiger partial charge in [0.25, 0.3) is 0 Å². The van der Waals surface area contributed by atoms with Crippen molar-refractivity contribution in [2.75, 3.05) is 57.5 Å². The summed E-state index contributed by atoms with van der Waals surface area (Å²) in [6.07, 6.45) is 4.71. The molecule has 1 atom stereocenters. The van der Waals surface area contributed by atoms with Crippen LogP contribution in [-0.2, 0) is 0 Å². The van der Waals surface area contributed by atoms with Gasteiger partial charge in [-0.2, -0.15) is 45.6 Å². The topological polar surface area (TPSA) is 42.6 Å². The second-order valence-electron chi connectivity index (χ2n) is 11.0. The van der Waals surface area contributed by atoms with E-state index in [1.807, 2.05) is 53.9 Å². The Morgan fingerprint density at radius 1 is 0.652 bits per heavy atom. The molecule has 5 rings (SSSR count). The quantitative estimate of drug-likeness (QED) is 0.155. The van der Waals surface area contributed by atoms with Crippen molar-refractivity contribution < 1.29 is 22.0 Å². The van der Waals surface area contributed by atoms with Crippen LogP contribution in [0.3, 0.4) is 0 Å². The van der Waals surface area contributed by atoms with Crippen LogP contribution in [0, 0.1) is 40.4 Å². The number of nitrogens with zero attached hydrogens (tertiary/aromatic N) is 4. The van der Waals surface area contributed by atoms with E-state index in [4.69, 9.17) is 5.26 Å². The molecule has 46 heavy (non-hydrogen) atoms. The largest absolute Gasteiger partial charge is 0.371 e. The minimum absolute atomic E-state index is 0.154. The van der Waals surface area contributed by atoms with E-state index in [0.717, 1.165) is 48.1 Å². The zero-order chi connectivity index (χ0) is 32.5. The molecule has 244 valence electrons. The van der Waals surface area contributed by atoms with Gasteiger partial charge in [-0.15, -0.1) is 0 Å². The molecule has 0 unspecified atom stereocenters. The fourth-order valence-corrected chi connectivity index (χ4v) is 8.54. The van der Waals surface area contributed by atoms with Crippen molar-refractivity contribution in [1.82, 2.24) is 0 Å². The van der Waals surface area contributed by atoms with Gasteiger partial charge in [0.2, 0.25) is 5.82 Å². The van der Waals surface area contributed by atoms with Crippen LogP contribution >= 0.6 is 35.3 Å². The van der Waals surface area contributed by atoms with E-state index in [2.05, 4.69) is 21.8 Å². The van der Waals surface area contributed by atoms with E-state index in [9.17, 15) is 13.2 Å². The highest BCUT2D eigenvalue weighted by Gasteiger charge is 2.37. The van der Waals surface area contributed by atoms with Crippen molar-refractivity contribution in [3.05, 3.63) is 94.3 Å². The maximum Gasteiger partial charge on any atom is 0.200 e. The van der Waals surface area contributed by atoms with E-state index in [-0.39, 0.29) is 6.42 Å². The molecule has 2 aliphatic rings. The maximum atomic E-state index is 15.1. The van der Waals surface area contributed by atoms with E-state index < -0.39 is 40.8 Å². The molecular formula is C34H35F5N4S3. The third-order valence-corrected chi connectivity index (χ3v) is 11.4. The SMILES string of the molecule is N#Cc1ccc(C2=NN(c3c(F)c(F)c(F)c(F)c3F)[C@H](c3ccc(N4CCCSCCCSCCCSCCC4)cc3)C2)cc1. The minimum Gasteiger partial charge on any atom is -0.371 e. The van der Waals surface area contributed by atoms with Gasteiger partial charge >= 0.3 is 0 Å². The number of nitriles is 1. The predicted molar refractivity (Wildman–Crippen MR) is 183 cm³/mol. The van der Waals surface area contributed by atoms with Crippen LogP contribution in [-0.4, -0.2) is 53.3 Å². The van der Waals surface area contributed by atoms with Gasteiger partial charge in [-0.25, -0.2) is 22.0 Å². The molecule has 2 aliphatic heterocycles. The fraction of sp³-hybridized carbons (Fsp3) is 0.412. The molecule has 0 aliphatic carbocycles. The summed E-state index contributed by atoms with van der Waals surface area (Å²) in [5.41, 5.74) is 1.95. The molecule has 12 heteroatoms. The van der Waals surface area contributed by atoms with E-state index in [1.54, 1.807) is 24.3 Å². The first kappa shape index (κ1) is 34.5. The van der Waals surface area contributed by atoms with Gasteiger partial charge in [0.1, 0.15) is 5.69 Å². The highest BCUT2D eigenvalue weighted by molar-refractivity contribution is 8.00.